The minimum absolute atomic E-state index is 0.0718. The Hall–Kier alpha value is -2.16. The molecule has 1 aromatic rings. The van der Waals surface area contributed by atoms with Gasteiger partial charge in [0.05, 0.1) is 31.7 Å². The van der Waals surface area contributed by atoms with E-state index in [9.17, 15) is 18.9 Å². The van der Waals surface area contributed by atoms with Crippen LogP contribution in [0.4, 0.5) is 0 Å². The number of aromatic amines is 1. The molecule has 0 saturated carbocycles. The van der Waals surface area contributed by atoms with E-state index in [2.05, 4.69) is 10.3 Å². The first-order chi connectivity index (χ1) is 16.6. The number of rotatable bonds is 16. The second-order valence-electron chi connectivity index (χ2n) is 7.28. The summed E-state index contributed by atoms with van der Waals surface area (Å²) in [6, 6.07) is 2.43. The van der Waals surface area contributed by atoms with Crippen molar-refractivity contribution >= 4 is 22.0 Å². The lowest BCUT2D eigenvalue weighted by Gasteiger charge is -2.32. The molecule has 0 saturated heterocycles. The van der Waals surface area contributed by atoms with E-state index in [1.165, 1.54) is 32.3 Å². The number of carbonyl (C=O) groups is 1. The molecule has 13 nitrogen and oxygen atoms in total. The first-order valence-corrected chi connectivity index (χ1v) is 13.5. The molecule has 196 valence electrons. The Morgan fingerprint density at radius 2 is 2.03 bits per heavy atom. The molecular weight excluding hydrogens is 500 g/mol. The summed E-state index contributed by atoms with van der Waals surface area (Å²) in [4.78, 5) is 37.8. The molecule has 1 rings (SSSR count). The van der Waals surface area contributed by atoms with Crippen LogP contribution in [0.5, 0.6) is 0 Å². The Labute approximate surface area is 205 Å². The van der Waals surface area contributed by atoms with Gasteiger partial charge in [-0.1, -0.05) is 13.0 Å². The monoisotopic (exact) mass is 533 g/mol. The van der Waals surface area contributed by atoms with Crippen LogP contribution in [0.25, 0.3) is 0 Å². The normalized spacial score (nSPS) is 13.8. The molecule has 1 amide bonds. The zero-order valence-corrected chi connectivity index (χ0v) is 22.3. The van der Waals surface area contributed by atoms with Gasteiger partial charge < -0.3 is 23.4 Å². The molecule has 0 spiro atoms. The molecule has 1 aromatic heterocycles. The topological polar surface area (TPSA) is 165 Å². The molecule has 0 bridgehead atoms. The maximum Gasteiger partial charge on any atom is 0.353 e. The quantitative estimate of drug-likeness (QED) is 0.237. The zero-order chi connectivity index (χ0) is 26.4. The van der Waals surface area contributed by atoms with Gasteiger partial charge >= 0.3 is 13.3 Å². The van der Waals surface area contributed by atoms with Gasteiger partial charge in [0.25, 0.3) is 14.1 Å². The summed E-state index contributed by atoms with van der Waals surface area (Å²) >= 11 is 0. The molecule has 0 aromatic carbocycles. The summed E-state index contributed by atoms with van der Waals surface area (Å²) < 4.78 is 37.0. The summed E-state index contributed by atoms with van der Waals surface area (Å²) in [5, 5.41) is 11.5. The Morgan fingerprint density at radius 1 is 1.34 bits per heavy atom. The van der Waals surface area contributed by atoms with E-state index in [-0.39, 0.29) is 32.2 Å². The number of carbonyl (C=O) groups excluding carboxylic acids is 1. The van der Waals surface area contributed by atoms with Crippen LogP contribution in [0.15, 0.2) is 33.7 Å². The van der Waals surface area contributed by atoms with Crippen LogP contribution in [-0.2, 0) is 34.0 Å². The van der Waals surface area contributed by atoms with Crippen molar-refractivity contribution in [2.75, 3.05) is 34.0 Å². The third-order valence-electron chi connectivity index (χ3n) is 4.48. The number of nitrogens with zero attached hydrogens (tertiary/aromatic N) is 3. The highest BCUT2D eigenvalue weighted by molar-refractivity contribution is 7.57. The number of aromatic nitrogens is 2. The molecule has 2 atom stereocenters. The highest BCUT2D eigenvalue weighted by Gasteiger charge is 2.25. The molecule has 0 fully saturated rings. The highest BCUT2D eigenvalue weighted by atomic mass is 31.2. The number of nitrogens with one attached hydrogen (secondary N) is 2. The van der Waals surface area contributed by atoms with E-state index >= 15 is 0 Å². The Balaban J connectivity index is 3.06. The smallest absolute Gasteiger partial charge is 0.346 e. The predicted octanol–water partition coefficient (Wildman–Crippen LogP) is 1.93. The van der Waals surface area contributed by atoms with E-state index < -0.39 is 39.3 Å². The van der Waals surface area contributed by atoms with Gasteiger partial charge in [-0.15, -0.1) is 0 Å². The second kappa shape index (κ2) is 15.8. The lowest BCUT2D eigenvalue weighted by Crippen LogP contribution is -2.41. The van der Waals surface area contributed by atoms with Crippen LogP contribution in [0.2, 0.25) is 0 Å². The molecule has 2 unspecified atom stereocenters. The van der Waals surface area contributed by atoms with Crippen LogP contribution in [0.1, 0.15) is 27.2 Å². The molecule has 0 aliphatic heterocycles. The van der Waals surface area contributed by atoms with Crippen molar-refractivity contribution in [1.82, 2.24) is 19.5 Å². The standard InChI is InChI=1S/C20H33N5O8P2/c1-6-25(16(2)3)34(32-12-7-10-21)33-15-17(9-13-35(29,30-4)31-5)22-19(27)14-24-11-8-18(26)23-20(24)28/h8-9,11,13,16-17H,6-7,12,14-15H2,1-5H3,(H,22,27)(H,23,26,28)/b13-9+. The number of hydrogen-bond donors (Lipinski definition) is 2. The molecule has 35 heavy (non-hydrogen) atoms. The third kappa shape index (κ3) is 11.0. The van der Waals surface area contributed by atoms with Gasteiger partial charge in [0.15, 0.2) is 0 Å². The first-order valence-electron chi connectivity index (χ1n) is 10.8. The lowest BCUT2D eigenvalue weighted by atomic mass is 10.3. The largest absolute Gasteiger partial charge is 0.353 e. The minimum Gasteiger partial charge on any atom is -0.346 e. The van der Waals surface area contributed by atoms with Gasteiger partial charge in [0.2, 0.25) is 5.91 Å². The molecule has 0 aliphatic rings. The van der Waals surface area contributed by atoms with Crippen LogP contribution in [-0.4, -0.2) is 66.2 Å². The summed E-state index contributed by atoms with van der Waals surface area (Å²) in [5.41, 5.74) is -1.31. The summed E-state index contributed by atoms with van der Waals surface area (Å²) in [6.45, 7) is 6.26. The predicted molar refractivity (Wildman–Crippen MR) is 131 cm³/mol. The van der Waals surface area contributed by atoms with Crippen molar-refractivity contribution in [2.24, 2.45) is 0 Å². The van der Waals surface area contributed by atoms with Gasteiger partial charge in [-0.2, -0.15) is 5.26 Å². The Kier molecular flexibility index (Phi) is 13.9. The number of nitriles is 1. The van der Waals surface area contributed by atoms with E-state index in [0.717, 1.165) is 10.6 Å². The van der Waals surface area contributed by atoms with E-state index in [1.807, 2.05) is 31.5 Å². The SMILES string of the molecule is CCN(C(C)C)P(OCCC#N)OCC(/C=C/P(=O)(OC)OC)NC(=O)Cn1ccc(=O)[nH]c1=O. The third-order valence-corrected chi connectivity index (χ3v) is 7.97. The molecule has 2 N–H and O–H groups in total. The van der Waals surface area contributed by atoms with Gasteiger partial charge in [-0.05, 0) is 13.8 Å². The minimum atomic E-state index is -3.52. The molecule has 15 heteroatoms. The number of H-pyrrole nitrogens is 1. The van der Waals surface area contributed by atoms with Crippen LogP contribution < -0.4 is 16.6 Å². The van der Waals surface area contributed by atoms with Gasteiger partial charge in [0, 0.05) is 44.9 Å². The fraction of sp³-hybridized carbons (Fsp3) is 0.600. The van der Waals surface area contributed by atoms with E-state index in [1.54, 1.807) is 0 Å². The fourth-order valence-corrected chi connectivity index (χ4v) is 5.02. The average Bonchev–Trinajstić information content (AvgIpc) is 2.82. The van der Waals surface area contributed by atoms with Crippen LogP contribution in [0.3, 0.4) is 0 Å². The first kappa shape index (κ1) is 30.9. The Morgan fingerprint density at radius 3 is 2.57 bits per heavy atom. The maximum atomic E-state index is 12.6. The van der Waals surface area contributed by atoms with E-state index in [0.29, 0.717) is 6.54 Å². The molecule has 1 heterocycles. The van der Waals surface area contributed by atoms with Crippen molar-refractivity contribution in [3.05, 3.63) is 45.0 Å². The summed E-state index contributed by atoms with van der Waals surface area (Å²) in [7, 11) is -2.63. The van der Waals surface area contributed by atoms with Gasteiger partial charge in [0.1, 0.15) is 6.54 Å². The van der Waals surface area contributed by atoms with Crippen molar-refractivity contribution < 1.29 is 27.5 Å². The molecule has 0 radical (unpaired) electrons. The molecular formula is C20H33N5O8P2. The van der Waals surface area contributed by atoms with Crippen molar-refractivity contribution in [2.45, 2.75) is 45.8 Å². The average molecular weight is 533 g/mol. The van der Waals surface area contributed by atoms with Gasteiger partial charge in [-0.3, -0.25) is 23.7 Å². The second-order valence-corrected chi connectivity index (χ2v) is 10.9. The maximum absolute atomic E-state index is 12.6. The molecule has 0 aliphatic carbocycles. The zero-order valence-electron chi connectivity index (χ0n) is 20.5. The van der Waals surface area contributed by atoms with Crippen LogP contribution >= 0.6 is 16.1 Å². The van der Waals surface area contributed by atoms with Crippen molar-refractivity contribution in [3.63, 3.8) is 0 Å². The highest BCUT2D eigenvalue weighted by Crippen LogP contribution is 2.48. The van der Waals surface area contributed by atoms with Crippen molar-refractivity contribution in [1.29, 1.82) is 5.26 Å². The summed E-state index contributed by atoms with van der Waals surface area (Å²) in [5.74, 6) is 0.639. The fourth-order valence-electron chi connectivity index (χ4n) is 2.69. The number of hydrogen-bond acceptors (Lipinski definition) is 10. The van der Waals surface area contributed by atoms with Crippen molar-refractivity contribution in [3.8, 4) is 6.07 Å². The Bertz CT molecular complexity index is 1030. The van der Waals surface area contributed by atoms with E-state index in [4.69, 9.17) is 23.4 Å². The van der Waals surface area contributed by atoms with Gasteiger partial charge in [-0.25, -0.2) is 9.46 Å². The summed E-state index contributed by atoms with van der Waals surface area (Å²) in [6.07, 6.45) is 2.81. The lowest BCUT2D eigenvalue weighted by molar-refractivity contribution is -0.122. The van der Waals surface area contributed by atoms with Crippen LogP contribution in [0, 0.1) is 11.3 Å². The number of amides is 1.